The number of benzene rings is 2. The summed E-state index contributed by atoms with van der Waals surface area (Å²) in [7, 11) is 0. The molecule has 1 aliphatic rings. The highest BCUT2D eigenvalue weighted by atomic mass is 32.2. The molecular formula is C19H17FN2OS. The van der Waals surface area contributed by atoms with Gasteiger partial charge in [-0.25, -0.2) is 4.39 Å². The Balaban J connectivity index is 1.59. The summed E-state index contributed by atoms with van der Waals surface area (Å²) >= 11 is 1.70. The van der Waals surface area contributed by atoms with Gasteiger partial charge >= 0.3 is 0 Å². The van der Waals surface area contributed by atoms with Crippen LogP contribution in [0.3, 0.4) is 0 Å². The molecule has 1 unspecified atom stereocenters. The maximum Gasteiger partial charge on any atom is 0.220 e. The summed E-state index contributed by atoms with van der Waals surface area (Å²) in [6.07, 6.45) is 1.80. The molecule has 0 bridgehead atoms. The van der Waals surface area contributed by atoms with Gasteiger partial charge in [-0.1, -0.05) is 12.1 Å². The molecule has 2 aromatic carbocycles. The van der Waals surface area contributed by atoms with E-state index in [-0.39, 0.29) is 17.8 Å². The number of aryl methyl sites for hydroxylation is 1. The van der Waals surface area contributed by atoms with Gasteiger partial charge in [0.1, 0.15) is 5.82 Å². The highest BCUT2D eigenvalue weighted by Crippen LogP contribution is 2.36. The van der Waals surface area contributed by atoms with Crippen LogP contribution < -0.4 is 5.32 Å². The number of fused-ring (bicyclic) bond motifs is 1. The minimum atomic E-state index is -0.270. The smallest absolute Gasteiger partial charge is 0.220 e. The van der Waals surface area contributed by atoms with Gasteiger partial charge in [0, 0.05) is 17.1 Å². The Kier molecular flexibility index (Phi) is 5.17. The summed E-state index contributed by atoms with van der Waals surface area (Å²) in [6, 6.07) is 14.0. The second-order valence-corrected chi connectivity index (χ2v) is 6.88. The van der Waals surface area contributed by atoms with Crippen LogP contribution in [0.15, 0.2) is 47.4 Å². The molecule has 0 radical (unpaired) electrons. The van der Waals surface area contributed by atoms with Crippen molar-refractivity contribution in [1.29, 1.82) is 5.26 Å². The zero-order valence-corrected chi connectivity index (χ0v) is 13.9. The molecule has 3 rings (SSSR count). The number of carbonyl (C=O) groups is 1. The molecule has 1 heterocycles. The van der Waals surface area contributed by atoms with Crippen molar-refractivity contribution in [2.75, 3.05) is 5.75 Å². The van der Waals surface area contributed by atoms with Gasteiger partial charge in [0.2, 0.25) is 5.91 Å². The number of nitrogens with one attached hydrogen (secondary N) is 1. The van der Waals surface area contributed by atoms with E-state index in [1.165, 1.54) is 12.1 Å². The van der Waals surface area contributed by atoms with Gasteiger partial charge < -0.3 is 5.32 Å². The number of carbonyl (C=O) groups excluding carboxylic acids is 1. The van der Waals surface area contributed by atoms with Gasteiger partial charge in [-0.05, 0) is 54.3 Å². The Bertz CT molecular complexity index is 783. The first kappa shape index (κ1) is 16.5. The second-order valence-electron chi connectivity index (χ2n) is 5.75. The standard InChI is InChI=1S/C19H17FN2OS/c20-15-6-7-18-16(11-15)17(9-10-24-18)22-19(23)8-5-13-1-3-14(12-21)4-2-13/h1-4,6-7,11,17H,5,8-10H2,(H,22,23). The number of hydrogen-bond donors (Lipinski definition) is 1. The number of amides is 1. The van der Waals surface area contributed by atoms with Crippen molar-refractivity contribution < 1.29 is 9.18 Å². The van der Waals surface area contributed by atoms with Crippen LogP contribution in [0.4, 0.5) is 4.39 Å². The van der Waals surface area contributed by atoms with E-state index >= 15 is 0 Å². The van der Waals surface area contributed by atoms with Crippen LogP contribution in [0.2, 0.25) is 0 Å². The molecule has 2 aromatic rings. The Morgan fingerprint density at radius 2 is 2.08 bits per heavy atom. The zero-order valence-electron chi connectivity index (χ0n) is 13.1. The maximum absolute atomic E-state index is 13.5. The summed E-state index contributed by atoms with van der Waals surface area (Å²) < 4.78 is 13.5. The first-order chi connectivity index (χ1) is 11.7. The Hall–Kier alpha value is -2.32. The fourth-order valence-electron chi connectivity index (χ4n) is 2.79. The lowest BCUT2D eigenvalue weighted by atomic mass is 10.0. The topological polar surface area (TPSA) is 52.9 Å². The van der Waals surface area contributed by atoms with Gasteiger partial charge in [-0.2, -0.15) is 5.26 Å². The van der Waals surface area contributed by atoms with Crippen LogP contribution in [0.5, 0.6) is 0 Å². The second kappa shape index (κ2) is 7.50. The molecule has 0 spiro atoms. The summed E-state index contributed by atoms with van der Waals surface area (Å²) in [5.41, 5.74) is 2.51. The molecule has 0 fully saturated rings. The van der Waals surface area contributed by atoms with Crippen LogP contribution in [0.1, 0.15) is 35.6 Å². The van der Waals surface area contributed by atoms with Crippen molar-refractivity contribution in [3.63, 3.8) is 0 Å². The highest BCUT2D eigenvalue weighted by Gasteiger charge is 2.22. The third-order valence-corrected chi connectivity index (χ3v) is 5.19. The van der Waals surface area contributed by atoms with E-state index in [0.29, 0.717) is 18.4 Å². The number of nitriles is 1. The van der Waals surface area contributed by atoms with E-state index in [1.54, 1.807) is 30.0 Å². The molecular weight excluding hydrogens is 323 g/mol. The first-order valence-corrected chi connectivity index (χ1v) is 8.85. The summed E-state index contributed by atoms with van der Waals surface area (Å²) in [6.45, 7) is 0. The van der Waals surface area contributed by atoms with Crippen LogP contribution in [-0.4, -0.2) is 11.7 Å². The summed E-state index contributed by atoms with van der Waals surface area (Å²) in [5.74, 6) is 0.610. The number of hydrogen-bond acceptors (Lipinski definition) is 3. The average molecular weight is 340 g/mol. The van der Waals surface area contributed by atoms with Crippen molar-refractivity contribution in [3.8, 4) is 6.07 Å². The summed E-state index contributed by atoms with van der Waals surface area (Å²) in [4.78, 5) is 13.3. The molecule has 0 aliphatic carbocycles. The lowest BCUT2D eigenvalue weighted by Crippen LogP contribution is -2.30. The van der Waals surface area contributed by atoms with Gasteiger partial charge in [0.15, 0.2) is 0 Å². The molecule has 1 atom stereocenters. The van der Waals surface area contributed by atoms with Crippen LogP contribution in [-0.2, 0) is 11.2 Å². The van der Waals surface area contributed by atoms with Crippen molar-refractivity contribution in [1.82, 2.24) is 5.32 Å². The Morgan fingerprint density at radius 1 is 1.29 bits per heavy atom. The molecule has 122 valence electrons. The highest BCUT2D eigenvalue weighted by molar-refractivity contribution is 7.99. The van der Waals surface area contributed by atoms with E-state index in [9.17, 15) is 9.18 Å². The van der Waals surface area contributed by atoms with E-state index in [4.69, 9.17) is 5.26 Å². The van der Waals surface area contributed by atoms with Crippen molar-refractivity contribution in [2.45, 2.75) is 30.2 Å². The molecule has 0 aromatic heterocycles. The molecule has 1 aliphatic heterocycles. The lowest BCUT2D eigenvalue weighted by molar-refractivity contribution is -0.121. The summed E-state index contributed by atoms with van der Waals surface area (Å²) in [5, 5.41) is 11.8. The fourth-order valence-corrected chi connectivity index (χ4v) is 3.89. The van der Waals surface area contributed by atoms with Crippen LogP contribution in [0, 0.1) is 17.1 Å². The molecule has 3 nitrogen and oxygen atoms in total. The van der Waals surface area contributed by atoms with Gasteiger partial charge in [0.25, 0.3) is 0 Å². The van der Waals surface area contributed by atoms with E-state index in [1.807, 2.05) is 12.1 Å². The van der Waals surface area contributed by atoms with E-state index in [2.05, 4.69) is 11.4 Å². The van der Waals surface area contributed by atoms with Gasteiger partial charge in [-0.15, -0.1) is 11.8 Å². The lowest BCUT2D eigenvalue weighted by Gasteiger charge is -2.26. The third-order valence-electron chi connectivity index (χ3n) is 4.07. The maximum atomic E-state index is 13.5. The third kappa shape index (κ3) is 3.95. The number of nitrogens with zero attached hydrogens (tertiary/aromatic N) is 1. The SMILES string of the molecule is N#Cc1ccc(CCC(=O)NC2CCSc3ccc(F)cc32)cc1. The predicted octanol–water partition coefficient (Wildman–Crippen LogP) is 3.98. The van der Waals surface area contributed by atoms with E-state index < -0.39 is 0 Å². The molecule has 1 N–H and O–H groups in total. The minimum Gasteiger partial charge on any atom is -0.349 e. The fraction of sp³-hybridized carbons (Fsp3) is 0.263. The van der Waals surface area contributed by atoms with Crippen molar-refractivity contribution in [2.24, 2.45) is 0 Å². The minimum absolute atomic E-state index is 0.0357. The van der Waals surface area contributed by atoms with Gasteiger partial charge in [-0.3, -0.25) is 4.79 Å². The number of rotatable bonds is 4. The van der Waals surface area contributed by atoms with Crippen molar-refractivity contribution >= 4 is 17.7 Å². The monoisotopic (exact) mass is 340 g/mol. The normalized spacial score (nSPS) is 16.1. The van der Waals surface area contributed by atoms with E-state index in [0.717, 1.165) is 28.2 Å². The molecule has 5 heteroatoms. The molecule has 0 saturated carbocycles. The Labute approximate surface area is 144 Å². The molecule has 24 heavy (non-hydrogen) atoms. The van der Waals surface area contributed by atoms with Gasteiger partial charge in [0.05, 0.1) is 17.7 Å². The van der Waals surface area contributed by atoms with Crippen LogP contribution in [0.25, 0.3) is 0 Å². The average Bonchev–Trinajstić information content (AvgIpc) is 2.61. The Morgan fingerprint density at radius 3 is 2.83 bits per heavy atom. The van der Waals surface area contributed by atoms with Crippen molar-refractivity contribution in [3.05, 3.63) is 65.0 Å². The van der Waals surface area contributed by atoms with Crippen LogP contribution >= 0.6 is 11.8 Å². The number of halogens is 1. The molecule has 0 saturated heterocycles. The predicted molar refractivity (Wildman–Crippen MR) is 92.1 cm³/mol. The quantitative estimate of drug-likeness (QED) is 0.916. The largest absolute Gasteiger partial charge is 0.349 e. The number of thioether (sulfide) groups is 1. The molecule has 1 amide bonds. The zero-order chi connectivity index (χ0) is 16.9. The first-order valence-electron chi connectivity index (χ1n) is 7.86.